The molecule has 1 aromatic heterocycles. The van der Waals surface area contributed by atoms with E-state index in [4.69, 9.17) is 0 Å². The summed E-state index contributed by atoms with van der Waals surface area (Å²) in [5, 5.41) is 6.51. The number of aromatic nitrogens is 2. The molecule has 0 spiro atoms. The Morgan fingerprint density at radius 3 is 3.00 bits per heavy atom. The van der Waals surface area contributed by atoms with Crippen LogP contribution in [0.4, 0.5) is 11.5 Å². The van der Waals surface area contributed by atoms with Crippen LogP contribution in [0.3, 0.4) is 0 Å². The summed E-state index contributed by atoms with van der Waals surface area (Å²) in [6.07, 6.45) is 0.817. The van der Waals surface area contributed by atoms with Crippen molar-refractivity contribution < 1.29 is 0 Å². The van der Waals surface area contributed by atoms with Crippen LogP contribution in [0.1, 0.15) is 11.3 Å². The second-order valence-corrected chi connectivity index (χ2v) is 5.23. The van der Waals surface area contributed by atoms with E-state index in [1.165, 1.54) is 0 Å². The molecule has 1 aliphatic rings. The number of nitrogens with zero attached hydrogens (tertiary/aromatic N) is 1. The Labute approximate surface area is 118 Å². The van der Waals surface area contributed by atoms with Crippen molar-refractivity contribution in [1.82, 2.24) is 15.3 Å². The van der Waals surface area contributed by atoms with Crippen molar-refractivity contribution in [1.29, 1.82) is 0 Å². The van der Waals surface area contributed by atoms with Crippen molar-refractivity contribution in [2.45, 2.75) is 13.0 Å². The molecular formula is C13H13BrN4O. The van der Waals surface area contributed by atoms with E-state index in [-0.39, 0.29) is 5.69 Å². The Morgan fingerprint density at radius 1 is 1.32 bits per heavy atom. The lowest BCUT2D eigenvalue weighted by Gasteiger charge is -2.19. The Balaban J connectivity index is 2.03. The Morgan fingerprint density at radius 2 is 2.16 bits per heavy atom. The standard InChI is InChI=1S/C13H13BrN4O/c14-9-3-1-2-4-11(9)16-12-8-7-15-6-5-10(8)17-13(19)18-12/h1-4,15H,5-7H2,(H2,16,17,18,19). The third kappa shape index (κ3) is 2.54. The largest absolute Gasteiger partial charge is 0.347 e. The van der Waals surface area contributed by atoms with Crippen LogP contribution in [0, 0.1) is 0 Å². The third-order valence-electron chi connectivity index (χ3n) is 3.10. The smallest absolute Gasteiger partial charge is 0.339 e. The molecule has 1 aliphatic heterocycles. The molecule has 0 bridgehead atoms. The average Bonchev–Trinajstić information content (AvgIpc) is 2.41. The number of rotatable bonds is 2. The highest BCUT2D eigenvalue weighted by atomic mass is 79.9. The van der Waals surface area contributed by atoms with Crippen molar-refractivity contribution in [3.05, 3.63) is 50.5 Å². The maximum Gasteiger partial charge on any atom is 0.347 e. The van der Waals surface area contributed by atoms with Gasteiger partial charge in [0.25, 0.3) is 0 Å². The number of H-pyrrole nitrogens is 1. The fraction of sp³-hybridized carbons (Fsp3) is 0.231. The number of halogens is 1. The highest BCUT2D eigenvalue weighted by molar-refractivity contribution is 9.10. The summed E-state index contributed by atoms with van der Waals surface area (Å²) in [4.78, 5) is 18.4. The summed E-state index contributed by atoms with van der Waals surface area (Å²) in [5.74, 6) is 0.623. The van der Waals surface area contributed by atoms with Crippen LogP contribution >= 0.6 is 15.9 Å². The summed E-state index contributed by atoms with van der Waals surface area (Å²) in [6.45, 7) is 1.59. The quantitative estimate of drug-likeness (QED) is 0.790. The van der Waals surface area contributed by atoms with Gasteiger partial charge in [-0.25, -0.2) is 4.79 Å². The fourth-order valence-corrected chi connectivity index (χ4v) is 2.55. The molecule has 0 fully saturated rings. The second-order valence-electron chi connectivity index (χ2n) is 4.38. The fourth-order valence-electron chi connectivity index (χ4n) is 2.17. The molecule has 0 unspecified atom stereocenters. The molecular weight excluding hydrogens is 308 g/mol. The number of anilines is 2. The predicted octanol–water partition coefficient (Wildman–Crippen LogP) is 1.92. The van der Waals surface area contributed by atoms with E-state index in [1.807, 2.05) is 24.3 Å². The van der Waals surface area contributed by atoms with Gasteiger partial charge in [0.05, 0.1) is 5.69 Å². The topological polar surface area (TPSA) is 69.8 Å². The first-order valence-electron chi connectivity index (χ1n) is 6.08. The Bertz CT molecular complexity index is 668. The number of hydrogen-bond donors (Lipinski definition) is 3. The molecule has 0 radical (unpaired) electrons. The number of aromatic amines is 1. The molecule has 1 aromatic carbocycles. The number of fused-ring (bicyclic) bond motifs is 1. The molecule has 6 heteroatoms. The molecule has 0 aliphatic carbocycles. The average molecular weight is 321 g/mol. The van der Waals surface area contributed by atoms with Gasteiger partial charge in [-0.15, -0.1) is 0 Å². The highest BCUT2D eigenvalue weighted by Gasteiger charge is 2.16. The van der Waals surface area contributed by atoms with Crippen LogP contribution in [0.5, 0.6) is 0 Å². The first kappa shape index (κ1) is 12.4. The first-order valence-corrected chi connectivity index (χ1v) is 6.87. The molecule has 0 saturated carbocycles. The maximum atomic E-state index is 11.6. The lowest BCUT2D eigenvalue weighted by molar-refractivity contribution is 0.624. The molecule has 5 nitrogen and oxygen atoms in total. The molecule has 98 valence electrons. The van der Waals surface area contributed by atoms with Crippen LogP contribution in [0.2, 0.25) is 0 Å². The van der Waals surface area contributed by atoms with Crippen molar-refractivity contribution in [2.24, 2.45) is 0 Å². The molecule has 2 heterocycles. The lowest BCUT2D eigenvalue weighted by Crippen LogP contribution is -2.29. The zero-order valence-electron chi connectivity index (χ0n) is 10.2. The Kier molecular flexibility index (Phi) is 3.35. The molecule has 19 heavy (non-hydrogen) atoms. The van der Waals surface area contributed by atoms with Crippen LogP contribution in [0.25, 0.3) is 0 Å². The normalized spacial score (nSPS) is 13.9. The SMILES string of the molecule is O=c1nc(Nc2ccccc2Br)c2c([nH]1)CCNC2. The van der Waals surface area contributed by atoms with Gasteiger partial charge in [-0.3, -0.25) is 0 Å². The minimum absolute atomic E-state index is 0.310. The van der Waals surface area contributed by atoms with Crippen LogP contribution in [-0.2, 0) is 13.0 Å². The summed E-state index contributed by atoms with van der Waals surface area (Å²) in [7, 11) is 0. The van der Waals surface area contributed by atoms with E-state index in [2.05, 4.69) is 36.5 Å². The van der Waals surface area contributed by atoms with Gasteiger partial charge >= 0.3 is 5.69 Å². The molecule has 3 N–H and O–H groups in total. The van der Waals surface area contributed by atoms with Gasteiger partial charge in [-0.05, 0) is 28.1 Å². The second kappa shape index (κ2) is 5.14. The highest BCUT2D eigenvalue weighted by Crippen LogP contribution is 2.27. The molecule has 0 saturated heterocycles. The van der Waals surface area contributed by atoms with E-state index >= 15 is 0 Å². The minimum Gasteiger partial charge on any atom is -0.339 e. The van der Waals surface area contributed by atoms with Gasteiger partial charge in [-0.1, -0.05) is 12.1 Å². The number of para-hydroxylation sites is 1. The lowest BCUT2D eigenvalue weighted by atomic mass is 10.1. The van der Waals surface area contributed by atoms with Gasteiger partial charge < -0.3 is 15.6 Å². The summed E-state index contributed by atoms with van der Waals surface area (Å²) in [5.41, 5.74) is 2.58. The number of nitrogens with one attached hydrogen (secondary N) is 3. The monoisotopic (exact) mass is 320 g/mol. The minimum atomic E-state index is -0.310. The molecule has 2 aromatic rings. The van der Waals surface area contributed by atoms with Gasteiger partial charge in [0, 0.05) is 35.2 Å². The van der Waals surface area contributed by atoms with E-state index in [0.29, 0.717) is 12.4 Å². The molecule has 3 rings (SSSR count). The van der Waals surface area contributed by atoms with Gasteiger partial charge in [-0.2, -0.15) is 4.98 Å². The summed E-state index contributed by atoms with van der Waals surface area (Å²) < 4.78 is 0.939. The van der Waals surface area contributed by atoms with Crippen molar-refractivity contribution >= 4 is 27.4 Å². The Hall–Kier alpha value is -1.66. The van der Waals surface area contributed by atoms with Gasteiger partial charge in [0.1, 0.15) is 5.82 Å². The summed E-state index contributed by atoms with van der Waals surface area (Å²) in [6, 6.07) is 7.76. The van der Waals surface area contributed by atoms with Crippen LogP contribution in [0.15, 0.2) is 33.5 Å². The zero-order valence-corrected chi connectivity index (χ0v) is 11.8. The predicted molar refractivity (Wildman–Crippen MR) is 77.7 cm³/mol. The summed E-state index contributed by atoms with van der Waals surface area (Å²) >= 11 is 3.48. The molecule has 0 atom stereocenters. The van der Waals surface area contributed by atoms with E-state index < -0.39 is 0 Å². The number of benzene rings is 1. The van der Waals surface area contributed by atoms with Crippen LogP contribution in [-0.4, -0.2) is 16.5 Å². The van der Waals surface area contributed by atoms with Gasteiger partial charge in [0.15, 0.2) is 0 Å². The first-order chi connectivity index (χ1) is 9.24. The third-order valence-corrected chi connectivity index (χ3v) is 3.79. The van der Waals surface area contributed by atoms with Crippen molar-refractivity contribution in [2.75, 3.05) is 11.9 Å². The van der Waals surface area contributed by atoms with E-state index in [0.717, 1.165) is 34.4 Å². The molecule has 0 amide bonds. The van der Waals surface area contributed by atoms with E-state index in [1.54, 1.807) is 0 Å². The van der Waals surface area contributed by atoms with E-state index in [9.17, 15) is 4.79 Å². The zero-order chi connectivity index (χ0) is 13.2. The van der Waals surface area contributed by atoms with Crippen molar-refractivity contribution in [3.63, 3.8) is 0 Å². The van der Waals surface area contributed by atoms with Crippen LogP contribution < -0.4 is 16.3 Å². The van der Waals surface area contributed by atoms with Gasteiger partial charge in [0.2, 0.25) is 0 Å². The number of hydrogen-bond acceptors (Lipinski definition) is 4. The van der Waals surface area contributed by atoms with Crippen molar-refractivity contribution in [3.8, 4) is 0 Å². The maximum absolute atomic E-state index is 11.6.